The van der Waals surface area contributed by atoms with Crippen LogP contribution in [0.5, 0.6) is 0 Å². The summed E-state index contributed by atoms with van der Waals surface area (Å²) < 4.78 is 5.05. The van der Waals surface area contributed by atoms with Crippen LogP contribution in [0.2, 0.25) is 0 Å². The minimum absolute atomic E-state index is 0.539. The summed E-state index contributed by atoms with van der Waals surface area (Å²) in [5, 5.41) is 3.50. The highest BCUT2D eigenvalue weighted by Crippen LogP contribution is 2.21. The summed E-state index contributed by atoms with van der Waals surface area (Å²) in [7, 11) is 1.74. The molecule has 0 saturated carbocycles. The molecule has 0 bridgehead atoms. The molecule has 1 rings (SSSR count). The molecule has 0 amide bonds. The number of ether oxygens (including phenoxy) is 1. The van der Waals surface area contributed by atoms with Gasteiger partial charge in [-0.3, -0.25) is 0 Å². The van der Waals surface area contributed by atoms with Crippen LogP contribution in [0.3, 0.4) is 0 Å². The summed E-state index contributed by atoms with van der Waals surface area (Å²) >= 11 is 1.95. The van der Waals surface area contributed by atoms with Gasteiger partial charge in [0.2, 0.25) is 0 Å². The minimum Gasteiger partial charge on any atom is -0.383 e. The molecule has 1 aromatic rings. The molecule has 3 heteroatoms. The predicted molar refractivity (Wildman–Crippen MR) is 75.9 cm³/mol. The van der Waals surface area contributed by atoms with Gasteiger partial charge in [0.15, 0.2) is 0 Å². The number of methoxy groups -OCH3 is 1. The van der Waals surface area contributed by atoms with Crippen molar-refractivity contribution in [3.63, 3.8) is 0 Å². The van der Waals surface area contributed by atoms with E-state index in [0.29, 0.717) is 12.0 Å². The fraction of sp³-hybridized carbons (Fsp3) is 0.714. The van der Waals surface area contributed by atoms with Gasteiger partial charge in [-0.05, 0) is 37.8 Å². The molecule has 1 heterocycles. The fourth-order valence-corrected chi connectivity index (χ4v) is 2.91. The first-order valence-electron chi connectivity index (χ1n) is 6.47. The molecular formula is C14H25NOS. The van der Waals surface area contributed by atoms with E-state index in [-0.39, 0.29) is 0 Å². The molecule has 0 aliphatic heterocycles. The van der Waals surface area contributed by atoms with E-state index >= 15 is 0 Å². The average Bonchev–Trinajstić information content (AvgIpc) is 2.77. The minimum atomic E-state index is 0.539. The van der Waals surface area contributed by atoms with Gasteiger partial charge >= 0.3 is 0 Å². The Balaban J connectivity index is 2.34. The van der Waals surface area contributed by atoms with Gasteiger partial charge in [-0.25, -0.2) is 0 Å². The zero-order valence-electron chi connectivity index (χ0n) is 11.5. The van der Waals surface area contributed by atoms with Crippen molar-refractivity contribution in [2.24, 2.45) is 5.92 Å². The van der Waals surface area contributed by atoms with Crippen LogP contribution in [0.1, 0.15) is 30.5 Å². The van der Waals surface area contributed by atoms with Crippen molar-refractivity contribution >= 4 is 11.3 Å². The Morgan fingerprint density at radius 1 is 1.29 bits per heavy atom. The molecule has 2 atom stereocenters. The van der Waals surface area contributed by atoms with Crippen LogP contribution in [-0.2, 0) is 17.6 Å². The largest absolute Gasteiger partial charge is 0.383 e. The van der Waals surface area contributed by atoms with Crippen molar-refractivity contribution in [3.05, 3.63) is 21.9 Å². The smallest absolute Gasteiger partial charge is 0.0587 e. The number of hydrogen-bond acceptors (Lipinski definition) is 3. The van der Waals surface area contributed by atoms with Gasteiger partial charge in [-0.15, -0.1) is 11.3 Å². The van der Waals surface area contributed by atoms with Crippen LogP contribution in [-0.4, -0.2) is 26.3 Å². The second kappa shape index (κ2) is 7.85. The highest BCUT2D eigenvalue weighted by Gasteiger charge is 2.13. The number of hydrogen-bond donors (Lipinski definition) is 1. The van der Waals surface area contributed by atoms with Crippen LogP contribution in [0, 0.1) is 5.92 Å². The van der Waals surface area contributed by atoms with E-state index in [0.717, 1.165) is 19.6 Å². The monoisotopic (exact) mass is 255 g/mol. The molecule has 0 fully saturated rings. The summed E-state index contributed by atoms with van der Waals surface area (Å²) in [5.41, 5.74) is 0. The molecule has 17 heavy (non-hydrogen) atoms. The summed E-state index contributed by atoms with van der Waals surface area (Å²) in [6, 6.07) is 5.08. The maximum Gasteiger partial charge on any atom is 0.0587 e. The molecule has 2 unspecified atom stereocenters. The molecule has 0 aromatic carbocycles. The summed E-state index contributed by atoms with van der Waals surface area (Å²) in [5.74, 6) is 0.662. The van der Waals surface area contributed by atoms with Crippen LogP contribution in [0.15, 0.2) is 12.1 Å². The van der Waals surface area contributed by atoms with Crippen molar-refractivity contribution in [2.45, 2.75) is 39.7 Å². The fourth-order valence-electron chi connectivity index (χ4n) is 1.81. The molecule has 0 aliphatic carbocycles. The van der Waals surface area contributed by atoms with E-state index in [2.05, 4.69) is 38.2 Å². The van der Waals surface area contributed by atoms with Crippen LogP contribution >= 0.6 is 11.3 Å². The second-order valence-corrected chi connectivity index (χ2v) is 5.89. The Hall–Kier alpha value is -0.380. The van der Waals surface area contributed by atoms with Gasteiger partial charge in [-0.2, -0.15) is 0 Å². The lowest BCUT2D eigenvalue weighted by Crippen LogP contribution is -2.35. The van der Waals surface area contributed by atoms with Crippen molar-refractivity contribution in [1.29, 1.82) is 0 Å². The number of aryl methyl sites for hydroxylation is 1. The lowest BCUT2D eigenvalue weighted by molar-refractivity contribution is 0.192. The Kier molecular flexibility index (Phi) is 6.78. The highest BCUT2D eigenvalue weighted by atomic mass is 32.1. The third-order valence-corrected chi connectivity index (χ3v) is 4.47. The van der Waals surface area contributed by atoms with E-state index < -0.39 is 0 Å². The standard InChI is InChI=1S/C14H25NOS/c1-5-13-6-7-14(17-13)10-11(2)12(3)15-8-9-16-4/h6-7,11-12,15H,5,8-10H2,1-4H3. The first-order valence-corrected chi connectivity index (χ1v) is 7.29. The Labute approximate surface area is 109 Å². The molecular weight excluding hydrogens is 230 g/mol. The summed E-state index contributed by atoms with van der Waals surface area (Å²) in [4.78, 5) is 3.00. The highest BCUT2D eigenvalue weighted by molar-refractivity contribution is 7.11. The van der Waals surface area contributed by atoms with E-state index in [9.17, 15) is 0 Å². The van der Waals surface area contributed by atoms with E-state index in [1.165, 1.54) is 16.2 Å². The molecule has 0 radical (unpaired) electrons. The normalized spacial score (nSPS) is 14.8. The van der Waals surface area contributed by atoms with Gasteiger partial charge in [0.05, 0.1) is 6.61 Å². The lowest BCUT2D eigenvalue weighted by atomic mass is 9.99. The van der Waals surface area contributed by atoms with Crippen molar-refractivity contribution in [2.75, 3.05) is 20.3 Å². The maximum atomic E-state index is 5.05. The first kappa shape index (κ1) is 14.7. The molecule has 0 saturated heterocycles. The average molecular weight is 255 g/mol. The van der Waals surface area contributed by atoms with Crippen LogP contribution in [0.25, 0.3) is 0 Å². The topological polar surface area (TPSA) is 21.3 Å². The number of rotatable bonds is 8. The Morgan fingerprint density at radius 3 is 2.59 bits per heavy atom. The van der Waals surface area contributed by atoms with Crippen molar-refractivity contribution in [3.8, 4) is 0 Å². The molecule has 98 valence electrons. The summed E-state index contributed by atoms with van der Waals surface area (Å²) in [6.45, 7) is 8.52. The molecule has 2 nitrogen and oxygen atoms in total. The van der Waals surface area contributed by atoms with Crippen molar-refractivity contribution in [1.82, 2.24) is 5.32 Å². The third kappa shape index (κ3) is 5.19. The molecule has 0 aliphatic rings. The Bertz CT molecular complexity index is 311. The van der Waals surface area contributed by atoms with Gasteiger partial charge < -0.3 is 10.1 Å². The zero-order valence-corrected chi connectivity index (χ0v) is 12.3. The van der Waals surface area contributed by atoms with Crippen LogP contribution in [0.4, 0.5) is 0 Å². The van der Waals surface area contributed by atoms with E-state index in [1.807, 2.05) is 11.3 Å². The number of nitrogens with one attached hydrogen (secondary N) is 1. The summed E-state index contributed by atoms with van der Waals surface area (Å²) in [6.07, 6.45) is 2.33. The van der Waals surface area contributed by atoms with Crippen LogP contribution < -0.4 is 5.32 Å². The molecule has 1 N–H and O–H groups in total. The zero-order chi connectivity index (χ0) is 12.7. The van der Waals surface area contributed by atoms with E-state index in [4.69, 9.17) is 4.74 Å². The first-order chi connectivity index (χ1) is 8.17. The quantitative estimate of drug-likeness (QED) is 0.721. The van der Waals surface area contributed by atoms with Crippen molar-refractivity contribution < 1.29 is 4.74 Å². The van der Waals surface area contributed by atoms with Gasteiger partial charge in [0.25, 0.3) is 0 Å². The van der Waals surface area contributed by atoms with E-state index in [1.54, 1.807) is 7.11 Å². The number of thiophene rings is 1. The SMILES string of the molecule is CCc1ccc(CC(C)C(C)NCCOC)s1. The molecule has 1 aromatic heterocycles. The molecule has 0 spiro atoms. The third-order valence-electron chi connectivity index (χ3n) is 3.21. The maximum absolute atomic E-state index is 5.05. The predicted octanol–water partition coefficient (Wildman–Crippen LogP) is 3.11. The van der Waals surface area contributed by atoms with Gasteiger partial charge in [0, 0.05) is 29.5 Å². The van der Waals surface area contributed by atoms with Gasteiger partial charge in [0.1, 0.15) is 0 Å². The Morgan fingerprint density at radius 2 is 2.00 bits per heavy atom. The van der Waals surface area contributed by atoms with Gasteiger partial charge in [-0.1, -0.05) is 13.8 Å². The second-order valence-electron chi connectivity index (χ2n) is 4.64. The lowest BCUT2D eigenvalue weighted by Gasteiger charge is -2.20.